The quantitative estimate of drug-likeness (QED) is 0.338. The third kappa shape index (κ3) is 3.78. The highest BCUT2D eigenvalue weighted by atomic mass is 35.5. The highest BCUT2D eigenvalue weighted by Crippen LogP contribution is 2.59. The van der Waals surface area contributed by atoms with Crippen LogP contribution in [0.3, 0.4) is 0 Å². The van der Waals surface area contributed by atoms with Crippen molar-refractivity contribution in [1.82, 2.24) is 0 Å². The molecule has 1 heteroatoms. The summed E-state index contributed by atoms with van der Waals surface area (Å²) in [5, 5.41) is 0.424. The van der Waals surface area contributed by atoms with Crippen LogP contribution in [0.5, 0.6) is 0 Å². The summed E-state index contributed by atoms with van der Waals surface area (Å²) in [6.45, 7) is 7.33. The van der Waals surface area contributed by atoms with Gasteiger partial charge in [-0.2, -0.15) is 0 Å². The number of halogens is 1. The molecule has 0 radical (unpaired) electrons. The van der Waals surface area contributed by atoms with Gasteiger partial charge in [0, 0.05) is 5.38 Å². The molecule has 148 valence electrons. The molecule has 3 saturated carbocycles. The van der Waals surface area contributed by atoms with E-state index < -0.39 is 0 Å². The number of fused-ring (bicyclic) bond motifs is 5. The first-order valence-electron chi connectivity index (χ1n) is 11.9. The fourth-order valence-corrected chi connectivity index (χ4v) is 7.99. The van der Waals surface area contributed by atoms with Crippen LogP contribution in [-0.4, -0.2) is 5.38 Å². The summed E-state index contributed by atoms with van der Waals surface area (Å²) in [6, 6.07) is 0. The van der Waals surface area contributed by atoms with Crippen molar-refractivity contribution in [1.29, 1.82) is 0 Å². The normalized spacial score (nSPS) is 43.4. The third-order valence-electron chi connectivity index (χ3n) is 8.93. The Morgan fingerprint density at radius 1 is 0.885 bits per heavy atom. The van der Waals surface area contributed by atoms with Crippen LogP contribution >= 0.6 is 11.6 Å². The molecule has 4 rings (SSSR count). The van der Waals surface area contributed by atoms with Crippen LogP contribution in [0.2, 0.25) is 0 Å². The molecule has 0 nitrogen and oxygen atoms in total. The summed E-state index contributed by atoms with van der Waals surface area (Å²) in [7, 11) is 0. The second-order valence-corrected chi connectivity index (χ2v) is 11.4. The maximum absolute atomic E-state index is 6.47. The molecular weight excluding hydrogens is 336 g/mol. The first-order valence-corrected chi connectivity index (χ1v) is 12.3. The molecule has 0 heterocycles. The van der Waals surface area contributed by atoms with Crippen LogP contribution in [0.15, 0.2) is 11.6 Å². The topological polar surface area (TPSA) is 0 Å². The minimum absolute atomic E-state index is 0.424. The molecule has 0 unspecified atom stereocenters. The number of alkyl halides is 1. The minimum atomic E-state index is 0.424. The number of hydrogen-bond acceptors (Lipinski definition) is 0. The van der Waals surface area contributed by atoms with Gasteiger partial charge < -0.3 is 0 Å². The molecule has 4 aliphatic carbocycles. The molecule has 0 saturated heterocycles. The van der Waals surface area contributed by atoms with E-state index in [2.05, 4.69) is 26.8 Å². The highest BCUT2D eigenvalue weighted by molar-refractivity contribution is 6.20. The Morgan fingerprint density at radius 2 is 1.65 bits per heavy atom. The van der Waals surface area contributed by atoms with E-state index in [0.29, 0.717) is 5.38 Å². The third-order valence-corrected chi connectivity index (χ3v) is 9.30. The van der Waals surface area contributed by atoms with Crippen molar-refractivity contribution in [2.24, 2.45) is 47.3 Å². The van der Waals surface area contributed by atoms with E-state index in [1.807, 2.05) is 0 Å². The Morgan fingerprint density at radius 3 is 2.46 bits per heavy atom. The summed E-state index contributed by atoms with van der Waals surface area (Å²) in [4.78, 5) is 0. The molecule has 0 aromatic heterocycles. The van der Waals surface area contributed by atoms with Crippen LogP contribution in [-0.2, 0) is 0 Å². The number of rotatable bonds is 5. The second-order valence-electron chi connectivity index (χ2n) is 10.8. The first kappa shape index (κ1) is 19.4. The molecule has 4 aliphatic rings. The van der Waals surface area contributed by atoms with Crippen LogP contribution in [0, 0.1) is 47.3 Å². The minimum Gasteiger partial charge on any atom is -0.123 e. The van der Waals surface area contributed by atoms with Gasteiger partial charge in [-0.25, -0.2) is 0 Å². The van der Waals surface area contributed by atoms with E-state index in [-0.39, 0.29) is 0 Å². The standard InChI is InChI=1S/C25H41Cl/c1-16(2)5-4-6-17(3)20-11-12-25-22(20)13-14-23-21-10-8-19(26)15-18(21)7-9-24(23)25/h7,16-17,19-25H,4-6,8-15H2,1-3H3/t17-,19+,20-,21+,22+,23+,24-,25+/m0/s1. The lowest BCUT2D eigenvalue weighted by molar-refractivity contribution is 0.0420. The van der Waals surface area contributed by atoms with E-state index in [1.54, 1.807) is 18.4 Å². The van der Waals surface area contributed by atoms with Gasteiger partial charge in [-0.05, 0) is 98.7 Å². The second kappa shape index (κ2) is 8.18. The molecule has 3 fully saturated rings. The molecule has 0 aromatic carbocycles. The summed E-state index contributed by atoms with van der Waals surface area (Å²) in [6.07, 6.45) is 18.4. The van der Waals surface area contributed by atoms with Gasteiger partial charge in [-0.3, -0.25) is 0 Å². The van der Waals surface area contributed by atoms with E-state index >= 15 is 0 Å². The fraction of sp³-hybridized carbons (Fsp3) is 0.920. The maximum Gasteiger partial charge on any atom is 0.0373 e. The van der Waals surface area contributed by atoms with Crippen molar-refractivity contribution in [3.63, 3.8) is 0 Å². The zero-order valence-electron chi connectivity index (χ0n) is 17.4. The van der Waals surface area contributed by atoms with Crippen molar-refractivity contribution >= 4 is 11.6 Å². The van der Waals surface area contributed by atoms with Crippen LogP contribution in [0.1, 0.15) is 91.4 Å². The monoisotopic (exact) mass is 376 g/mol. The van der Waals surface area contributed by atoms with Crippen molar-refractivity contribution in [3.05, 3.63) is 11.6 Å². The largest absolute Gasteiger partial charge is 0.123 e. The number of hydrogen-bond donors (Lipinski definition) is 0. The van der Waals surface area contributed by atoms with Gasteiger partial charge in [0.2, 0.25) is 0 Å². The first-order chi connectivity index (χ1) is 12.5. The Bertz CT molecular complexity index is 506. The Hall–Kier alpha value is 0.0300. The van der Waals surface area contributed by atoms with E-state index in [9.17, 15) is 0 Å². The molecule has 26 heavy (non-hydrogen) atoms. The Balaban J connectivity index is 1.39. The average molecular weight is 377 g/mol. The summed E-state index contributed by atoms with van der Waals surface area (Å²) < 4.78 is 0. The maximum atomic E-state index is 6.47. The zero-order valence-corrected chi connectivity index (χ0v) is 18.2. The molecule has 0 amide bonds. The molecule has 0 aliphatic heterocycles. The lowest BCUT2D eigenvalue weighted by atomic mass is 9.56. The van der Waals surface area contributed by atoms with Crippen molar-refractivity contribution in [2.45, 2.75) is 96.8 Å². The van der Waals surface area contributed by atoms with Gasteiger partial charge in [0.1, 0.15) is 0 Å². The van der Waals surface area contributed by atoms with Gasteiger partial charge >= 0.3 is 0 Å². The van der Waals surface area contributed by atoms with Crippen molar-refractivity contribution in [3.8, 4) is 0 Å². The summed E-state index contributed by atoms with van der Waals surface area (Å²) in [5.74, 6) is 7.92. The SMILES string of the molecule is CC(C)CCC[C@H](C)[C@@H]1CC[C@H]2[C@H]3CC=C4C[C@H](Cl)CC[C@H]4[C@H]3CC[C@@H]21. The van der Waals surface area contributed by atoms with E-state index in [0.717, 1.165) is 47.3 Å². The predicted octanol–water partition coefficient (Wildman–Crippen LogP) is 7.86. The predicted molar refractivity (Wildman–Crippen MR) is 113 cm³/mol. The summed E-state index contributed by atoms with van der Waals surface area (Å²) >= 11 is 6.47. The fourth-order valence-electron chi connectivity index (χ4n) is 7.69. The molecule has 0 spiro atoms. The van der Waals surface area contributed by atoms with E-state index in [1.165, 1.54) is 57.8 Å². The highest BCUT2D eigenvalue weighted by Gasteiger charge is 2.50. The van der Waals surface area contributed by atoms with Gasteiger partial charge in [0.05, 0.1) is 0 Å². The molecular formula is C25H41Cl. The van der Waals surface area contributed by atoms with Crippen LogP contribution in [0.4, 0.5) is 0 Å². The lowest BCUT2D eigenvalue weighted by Crippen LogP contribution is -2.41. The molecule has 0 N–H and O–H groups in total. The molecule has 0 bridgehead atoms. The van der Waals surface area contributed by atoms with E-state index in [4.69, 9.17) is 11.6 Å². The van der Waals surface area contributed by atoms with Crippen molar-refractivity contribution < 1.29 is 0 Å². The Labute approximate surface area is 167 Å². The Kier molecular flexibility index (Phi) is 6.09. The lowest BCUT2D eigenvalue weighted by Gasteiger charge is -2.50. The zero-order chi connectivity index (χ0) is 18.3. The van der Waals surface area contributed by atoms with Gasteiger partial charge in [-0.15, -0.1) is 11.6 Å². The van der Waals surface area contributed by atoms with Crippen LogP contribution in [0.25, 0.3) is 0 Å². The van der Waals surface area contributed by atoms with Crippen LogP contribution < -0.4 is 0 Å². The number of allylic oxidation sites excluding steroid dienone is 2. The van der Waals surface area contributed by atoms with Gasteiger partial charge in [-0.1, -0.05) is 51.7 Å². The van der Waals surface area contributed by atoms with Crippen molar-refractivity contribution in [2.75, 3.05) is 0 Å². The van der Waals surface area contributed by atoms with Gasteiger partial charge in [0.25, 0.3) is 0 Å². The average Bonchev–Trinajstić information content (AvgIpc) is 3.05. The van der Waals surface area contributed by atoms with Gasteiger partial charge in [0.15, 0.2) is 0 Å². The summed E-state index contributed by atoms with van der Waals surface area (Å²) in [5.41, 5.74) is 1.76. The molecule has 0 aromatic rings. The smallest absolute Gasteiger partial charge is 0.0373 e. The molecule has 8 atom stereocenters.